The van der Waals surface area contributed by atoms with Crippen LogP contribution in [-0.2, 0) is 6.54 Å². The third-order valence-electron chi connectivity index (χ3n) is 2.80. The van der Waals surface area contributed by atoms with Crippen LogP contribution in [-0.4, -0.2) is 23.9 Å². The molecule has 0 amide bonds. The van der Waals surface area contributed by atoms with E-state index in [1.165, 1.54) is 6.07 Å². The maximum absolute atomic E-state index is 11.1. The van der Waals surface area contributed by atoms with Crippen molar-refractivity contribution in [1.29, 1.82) is 0 Å². The maximum Gasteiger partial charge on any atom is 0.312 e. The van der Waals surface area contributed by atoms with Crippen LogP contribution in [0.4, 0.5) is 5.69 Å². The van der Waals surface area contributed by atoms with Crippen LogP contribution in [0.2, 0.25) is 0 Å². The van der Waals surface area contributed by atoms with Crippen LogP contribution in [0.3, 0.4) is 0 Å². The monoisotopic (exact) mass is 350 g/mol. The summed E-state index contributed by atoms with van der Waals surface area (Å²) in [5.41, 5.74) is 0.906. The molecule has 2 aromatic rings. The number of ether oxygens (including phenoxy) is 1. The van der Waals surface area contributed by atoms with E-state index in [0.29, 0.717) is 16.8 Å². The molecule has 2 rings (SSSR count). The molecule has 0 N–H and O–H groups in total. The lowest BCUT2D eigenvalue weighted by molar-refractivity contribution is -0.385. The molecule has 0 spiro atoms. The fourth-order valence-electron chi connectivity index (χ4n) is 1.91. The van der Waals surface area contributed by atoms with E-state index in [9.17, 15) is 10.1 Å². The van der Waals surface area contributed by atoms with Gasteiger partial charge in [0.15, 0.2) is 0 Å². The Bertz CT molecular complexity index is 659. The average molecular weight is 351 g/mol. The Kier molecular flexibility index (Phi) is 4.93. The summed E-state index contributed by atoms with van der Waals surface area (Å²) in [4.78, 5) is 12.7. The van der Waals surface area contributed by atoms with Crippen molar-refractivity contribution in [2.45, 2.75) is 6.54 Å². The van der Waals surface area contributed by atoms with Crippen molar-refractivity contribution in [2.75, 3.05) is 14.1 Å². The van der Waals surface area contributed by atoms with Gasteiger partial charge in [-0.1, -0.05) is 34.1 Å². The van der Waals surface area contributed by atoms with E-state index < -0.39 is 4.92 Å². The topological polar surface area (TPSA) is 55.6 Å². The van der Waals surface area contributed by atoms with Crippen LogP contribution in [0.5, 0.6) is 11.5 Å². The van der Waals surface area contributed by atoms with Crippen LogP contribution in [0.1, 0.15) is 5.56 Å². The number of para-hydroxylation sites is 1. The zero-order valence-electron chi connectivity index (χ0n) is 11.7. The van der Waals surface area contributed by atoms with Crippen LogP contribution in [0, 0.1) is 10.1 Å². The molecule has 0 bridgehead atoms. The first-order valence-corrected chi connectivity index (χ1v) is 7.11. The SMILES string of the molecule is CN(C)Cc1ccccc1Oc1ccc(Br)cc1[N+](=O)[O-]. The Morgan fingerprint density at radius 2 is 1.90 bits per heavy atom. The van der Waals surface area contributed by atoms with Crippen molar-refractivity contribution in [2.24, 2.45) is 0 Å². The summed E-state index contributed by atoms with van der Waals surface area (Å²) in [6.07, 6.45) is 0. The molecule has 0 aromatic heterocycles. The first-order valence-electron chi connectivity index (χ1n) is 6.32. The smallest absolute Gasteiger partial charge is 0.312 e. The normalized spacial score (nSPS) is 10.7. The van der Waals surface area contributed by atoms with Gasteiger partial charge in [-0.25, -0.2) is 0 Å². The van der Waals surface area contributed by atoms with Gasteiger partial charge in [0, 0.05) is 22.6 Å². The third-order valence-corrected chi connectivity index (χ3v) is 3.29. The maximum atomic E-state index is 11.1. The minimum atomic E-state index is -0.450. The Balaban J connectivity index is 2.37. The minimum Gasteiger partial charge on any atom is -0.450 e. The molecule has 0 aliphatic rings. The quantitative estimate of drug-likeness (QED) is 0.598. The van der Waals surface area contributed by atoms with E-state index in [1.807, 2.05) is 43.3 Å². The molecule has 5 nitrogen and oxygen atoms in total. The van der Waals surface area contributed by atoms with Gasteiger partial charge in [0.1, 0.15) is 5.75 Å². The molecule has 0 aliphatic carbocycles. The lowest BCUT2D eigenvalue weighted by Crippen LogP contribution is -2.11. The van der Waals surface area contributed by atoms with Crippen molar-refractivity contribution in [1.82, 2.24) is 4.90 Å². The van der Waals surface area contributed by atoms with E-state index in [4.69, 9.17) is 4.74 Å². The first-order chi connectivity index (χ1) is 9.97. The molecule has 0 atom stereocenters. The number of rotatable bonds is 5. The zero-order chi connectivity index (χ0) is 15.4. The Morgan fingerprint density at radius 3 is 2.57 bits per heavy atom. The summed E-state index contributed by atoms with van der Waals surface area (Å²) >= 11 is 3.23. The second kappa shape index (κ2) is 6.69. The number of nitro groups is 1. The number of halogens is 1. The summed E-state index contributed by atoms with van der Waals surface area (Å²) in [5, 5.41) is 11.1. The molecule has 6 heteroatoms. The summed E-state index contributed by atoms with van der Waals surface area (Å²) in [7, 11) is 3.91. The third kappa shape index (κ3) is 4.03. The predicted molar refractivity (Wildman–Crippen MR) is 84.7 cm³/mol. The van der Waals surface area contributed by atoms with E-state index in [2.05, 4.69) is 15.9 Å². The van der Waals surface area contributed by atoms with E-state index in [1.54, 1.807) is 12.1 Å². The van der Waals surface area contributed by atoms with Crippen LogP contribution < -0.4 is 4.74 Å². The standard InChI is InChI=1S/C15H15BrN2O3/c1-17(2)10-11-5-3-4-6-14(11)21-15-8-7-12(16)9-13(15)18(19)20/h3-9H,10H2,1-2H3. The largest absolute Gasteiger partial charge is 0.450 e. The number of hydrogen-bond donors (Lipinski definition) is 0. The molecule has 0 saturated heterocycles. The van der Waals surface area contributed by atoms with Gasteiger partial charge in [-0.3, -0.25) is 10.1 Å². The summed E-state index contributed by atoms with van der Waals surface area (Å²) in [6.45, 7) is 0.695. The summed E-state index contributed by atoms with van der Waals surface area (Å²) < 4.78 is 6.41. The Morgan fingerprint density at radius 1 is 1.19 bits per heavy atom. The molecule has 2 aromatic carbocycles. The number of benzene rings is 2. The fourth-order valence-corrected chi connectivity index (χ4v) is 2.26. The van der Waals surface area contributed by atoms with E-state index in [-0.39, 0.29) is 11.4 Å². The average Bonchev–Trinajstić information content (AvgIpc) is 2.42. The van der Waals surface area contributed by atoms with Gasteiger partial charge in [0.2, 0.25) is 5.75 Å². The van der Waals surface area contributed by atoms with Crippen molar-refractivity contribution >= 4 is 21.6 Å². The van der Waals surface area contributed by atoms with Gasteiger partial charge in [-0.05, 0) is 32.3 Å². The molecule has 110 valence electrons. The number of nitro benzene ring substituents is 1. The highest BCUT2D eigenvalue weighted by Gasteiger charge is 2.17. The second-order valence-electron chi connectivity index (χ2n) is 4.82. The van der Waals surface area contributed by atoms with Crippen molar-refractivity contribution in [3.63, 3.8) is 0 Å². The van der Waals surface area contributed by atoms with Crippen LogP contribution >= 0.6 is 15.9 Å². The van der Waals surface area contributed by atoms with Crippen molar-refractivity contribution < 1.29 is 9.66 Å². The molecule has 0 saturated carbocycles. The highest BCUT2D eigenvalue weighted by atomic mass is 79.9. The molecule has 0 fully saturated rings. The predicted octanol–water partition coefficient (Wildman–Crippen LogP) is 4.21. The van der Waals surface area contributed by atoms with Crippen molar-refractivity contribution in [3.05, 3.63) is 62.6 Å². The van der Waals surface area contributed by atoms with Crippen LogP contribution in [0.15, 0.2) is 46.9 Å². The van der Waals surface area contributed by atoms with E-state index in [0.717, 1.165) is 5.56 Å². The molecular weight excluding hydrogens is 336 g/mol. The molecule has 0 radical (unpaired) electrons. The summed E-state index contributed by atoms with van der Waals surface area (Å²) in [5.74, 6) is 0.853. The second-order valence-corrected chi connectivity index (χ2v) is 5.73. The lowest BCUT2D eigenvalue weighted by Gasteiger charge is -2.14. The molecule has 0 aliphatic heterocycles. The zero-order valence-corrected chi connectivity index (χ0v) is 13.3. The van der Waals surface area contributed by atoms with Gasteiger partial charge in [-0.15, -0.1) is 0 Å². The lowest BCUT2D eigenvalue weighted by atomic mass is 10.2. The molecule has 0 unspecified atom stereocenters. The fraction of sp³-hybridized carbons (Fsp3) is 0.200. The molecule has 21 heavy (non-hydrogen) atoms. The molecule has 0 heterocycles. The van der Waals surface area contributed by atoms with Crippen molar-refractivity contribution in [3.8, 4) is 11.5 Å². The van der Waals surface area contributed by atoms with E-state index >= 15 is 0 Å². The highest BCUT2D eigenvalue weighted by molar-refractivity contribution is 9.10. The van der Waals surface area contributed by atoms with Gasteiger partial charge in [0.05, 0.1) is 4.92 Å². The van der Waals surface area contributed by atoms with Gasteiger partial charge < -0.3 is 9.64 Å². The number of nitrogens with zero attached hydrogens (tertiary/aromatic N) is 2. The van der Waals surface area contributed by atoms with Gasteiger partial charge in [-0.2, -0.15) is 0 Å². The Labute approximate surface area is 131 Å². The Hall–Kier alpha value is -1.92. The van der Waals surface area contributed by atoms with Gasteiger partial charge >= 0.3 is 5.69 Å². The highest BCUT2D eigenvalue weighted by Crippen LogP contribution is 2.35. The summed E-state index contributed by atoms with van der Waals surface area (Å²) in [6, 6.07) is 12.3. The number of hydrogen-bond acceptors (Lipinski definition) is 4. The van der Waals surface area contributed by atoms with Gasteiger partial charge in [0.25, 0.3) is 0 Å². The molecular formula is C15H15BrN2O3. The minimum absolute atomic E-state index is 0.0657. The first kappa shape index (κ1) is 15.5. The van der Waals surface area contributed by atoms with Crippen LogP contribution in [0.25, 0.3) is 0 Å².